The normalized spacial score (nSPS) is 11.3. The number of nitrogens with zero attached hydrogens (tertiary/aromatic N) is 1. The number of thioether (sulfide) groups is 1. The molecule has 1 atom stereocenters. The number of imide groups is 1. The van der Waals surface area contributed by atoms with Crippen molar-refractivity contribution < 1.29 is 19.5 Å². The first kappa shape index (κ1) is 26.0. The van der Waals surface area contributed by atoms with Crippen molar-refractivity contribution in [3.63, 3.8) is 0 Å². The van der Waals surface area contributed by atoms with Gasteiger partial charge in [0.2, 0.25) is 0 Å². The summed E-state index contributed by atoms with van der Waals surface area (Å²) in [6.45, 7) is 6.11. The molecule has 174 valence electrons. The Morgan fingerprint density at radius 1 is 1.00 bits per heavy atom. The van der Waals surface area contributed by atoms with E-state index in [0.29, 0.717) is 23.5 Å². The fraction of sp³-hybridized carbons (Fsp3) is 0.346. The van der Waals surface area contributed by atoms with Gasteiger partial charge in [-0.15, -0.1) is 0 Å². The SMILES string of the molecule is CCCN(C(=O)N[C@@H](CSCC(C)C)C(=O)O)C(=O)c1cccc(C#Cc2ccccc2)c1. The van der Waals surface area contributed by atoms with E-state index in [4.69, 9.17) is 0 Å². The summed E-state index contributed by atoms with van der Waals surface area (Å²) in [5.74, 6) is 5.90. The molecule has 0 aliphatic rings. The predicted molar refractivity (Wildman–Crippen MR) is 132 cm³/mol. The number of aliphatic carboxylic acids is 1. The number of hydrogen-bond acceptors (Lipinski definition) is 4. The van der Waals surface area contributed by atoms with Crippen LogP contribution in [0.5, 0.6) is 0 Å². The summed E-state index contributed by atoms with van der Waals surface area (Å²) in [7, 11) is 0. The van der Waals surface area contributed by atoms with Crippen LogP contribution >= 0.6 is 11.8 Å². The van der Waals surface area contributed by atoms with Gasteiger partial charge in [0, 0.05) is 29.0 Å². The van der Waals surface area contributed by atoms with Crippen LogP contribution in [-0.2, 0) is 4.79 Å². The first-order chi connectivity index (χ1) is 15.8. The van der Waals surface area contributed by atoms with Crippen LogP contribution in [0.3, 0.4) is 0 Å². The molecule has 2 aromatic carbocycles. The third-order valence-electron chi connectivity index (χ3n) is 4.50. The molecule has 2 rings (SSSR count). The van der Waals surface area contributed by atoms with E-state index in [1.807, 2.05) is 51.1 Å². The standard InChI is InChI=1S/C26H30N2O4S/c1-4-15-28(26(32)27-23(25(30)31)18-33-17-19(2)3)24(29)22-12-8-11-21(16-22)14-13-20-9-6-5-7-10-20/h5-12,16,19,23H,4,15,17-18H2,1-3H3,(H,27,32)(H,30,31)/t23-/m0/s1. The molecule has 0 saturated carbocycles. The molecule has 0 aliphatic carbocycles. The Morgan fingerprint density at radius 3 is 2.30 bits per heavy atom. The average Bonchev–Trinajstić information content (AvgIpc) is 2.80. The van der Waals surface area contributed by atoms with Crippen LogP contribution in [0.25, 0.3) is 0 Å². The summed E-state index contributed by atoms with van der Waals surface area (Å²) in [5.41, 5.74) is 1.82. The van der Waals surface area contributed by atoms with Crippen molar-refractivity contribution in [2.24, 2.45) is 5.92 Å². The minimum absolute atomic E-state index is 0.177. The van der Waals surface area contributed by atoms with Gasteiger partial charge >= 0.3 is 12.0 Å². The lowest BCUT2D eigenvalue weighted by molar-refractivity contribution is -0.138. The fourth-order valence-corrected chi connectivity index (χ4v) is 3.96. The van der Waals surface area contributed by atoms with Crippen LogP contribution in [0.15, 0.2) is 54.6 Å². The van der Waals surface area contributed by atoms with Gasteiger partial charge in [0.25, 0.3) is 5.91 Å². The first-order valence-electron chi connectivity index (χ1n) is 10.9. The third-order valence-corrected chi connectivity index (χ3v) is 5.97. The van der Waals surface area contributed by atoms with Gasteiger partial charge in [0.1, 0.15) is 6.04 Å². The second-order valence-corrected chi connectivity index (χ2v) is 9.00. The van der Waals surface area contributed by atoms with Crippen LogP contribution in [0, 0.1) is 17.8 Å². The molecule has 0 aliphatic heterocycles. The van der Waals surface area contributed by atoms with Gasteiger partial charge in [-0.3, -0.25) is 9.69 Å². The van der Waals surface area contributed by atoms with Crippen molar-refractivity contribution in [1.29, 1.82) is 0 Å². The van der Waals surface area contributed by atoms with Gasteiger partial charge in [0.05, 0.1) is 0 Å². The Morgan fingerprint density at radius 2 is 1.67 bits per heavy atom. The van der Waals surface area contributed by atoms with Crippen LogP contribution in [0.1, 0.15) is 48.7 Å². The monoisotopic (exact) mass is 466 g/mol. The van der Waals surface area contributed by atoms with Crippen LogP contribution in [0.2, 0.25) is 0 Å². The van der Waals surface area contributed by atoms with E-state index in [9.17, 15) is 19.5 Å². The van der Waals surface area contributed by atoms with Crippen LogP contribution < -0.4 is 5.32 Å². The number of carbonyl (C=O) groups excluding carboxylic acids is 2. The van der Waals surface area contributed by atoms with Gasteiger partial charge in [0.15, 0.2) is 0 Å². The molecular weight excluding hydrogens is 436 g/mol. The van der Waals surface area contributed by atoms with Crippen molar-refractivity contribution >= 4 is 29.7 Å². The molecule has 33 heavy (non-hydrogen) atoms. The highest BCUT2D eigenvalue weighted by Crippen LogP contribution is 2.12. The Kier molecular flexibility index (Phi) is 10.5. The molecule has 7 heteroatoms. The van der Waals surface area contributed by atoms with E-state index in [1.54, 1.807) is 24.3 Å². The lowest BCUT2D eigenvalue weighted by Crippen LogP contribution is -2.51. The number of rotatable bonds is 9. The second kappa shape index (κ2) is 13.3. The first-order valence-corrected chi connectivity index (χ1v) is 12.1. The highest BCUT2D eigenvalue weighted by Gasteiger charge is 2.27. The van der Waals surface area contributed by atoms with Gasteiger partial charge < -0.3 is 10.4 Å². The number of amides is 3. The van der Waals surface area contributed by atoms with Crippen molar-refractivity contribution in [3.8, 4) is 11.8 Å². The number of carboxylic acids is 1. The highest BCUT2D eigenvalue weighted by molar-refractivity contribution is 7.99. The number of urea groups is 1. The molecule has 0 saturated heterocycles. The quantitative estimate of drug-likeness (QED) is 0.532. The zero-order valence-electron chi connectivity index (χ0n) is 19.2. The zero-order valence-corrected chi connectivity index (χ0v) is 20.0. The van der Waals surface area contributed by atoms with Crippen LogP contribution in [-0.4, -0.2) is 52.0 Å². The number of nitrogens with one attached hydrogen (secondary N) is 1. The Hall–Kier alpha value is -3.24. The summed E-state index contributed by atoms with van der Waals surface area (Å²) < 4.78 is 0. The molecular formula is C26H30N2O4S. The molecule has 2 aromatic rings. The van der Waals surface area contributed by atoms with E-state index in [1.165, 1.54) is 11.8 Å². The van der Waals surface area contributed by atoms with E-state index < -0.39 is 23.9 Å². The summed E-state index contributed by atoms with van der Waals surface area (Å²) >= 11 is 1.46. The van der Waals surface area contributed by atoms with Gasteiger partial charge in [-0.25, -0.2) is 9.59 Å². The van der Waals surface area contributed by atoms with Crippen molar-refractivity contribution in [3.05, 3.63) is 71.3 Å². The summed E-state index contributed by atoms with van der Waals surface area (Å²) in [5, 5.41) is 12.0. The zero-order chi connectivity index (χ0) is 24.2. The largest absolute Gasteiger partial charge is 0.480 e. The minimum Gasteiger partial charge on any atom is -0.480 e. The molecule has 0 heterocycles. The number of carbonyl (C=O) groups is 3. The molecule has 0 spiro atoms. The summed E-state index contributed by atoms with van der Waals surface area (Å²) in [6, 6.07) is 14.5. The fourth-order valence-electron chi connectivity index (χ4n) is 2.89. The molecule has 6 nitrogen and oxygen atoms in total. The Bertz CT molecular complexity index is 1010. The lowest BCUT2D eigenvalue weighted by Gasteiger charge is -2.23. The molecule has 0 aromatic heterocycles. The summed E-state index contributed by atoms with van der Waals surface area (Å²) in [4.78, 5) is 38.7. The summed E-state index contributed by atoms with van der Waals surface area (Å²) in [6.07, 6.45) is 0.548. The predicted octanol–water partition coefficient (Wildman–Crippen LogP) is 4.49. The molecule has 0 radical (unpaired) electrons. The van der Waals surface area contributed by atoms with E-state index in [2.05, 4.69) is 17.2 Å². The number of carboxylic acid groups (broad SMARTS) is 1. The maximum Gasteiger partial charge on any atom is 0.327 e. The smallest absolute Gasteiger partial charge is 0.327 e. The number of hydrogen-bond donors (Lipinski definition) is 2. The maximum atomic E-state index is 13.1. The average molecular weight is 467 g/mol. The number of benzene rings is 2. The van der Waals surface area contributed by atoms with Crippen molar-refractivity contribution in [2.75, 3.05) is 18.1 Å². The van der Waals surface area contributed by atoms with E-state index >= 15 is 0 Å². The minimum atomic E-state index is -1.12. The molecule has 3 amide bonds. The van der Waals surface area contributed by atoms with Crippen molar-refractivity contribution in [1.82, 2.24) is 10.2 Å². The third kappa shape index (κ3) is 8.66. The van der Waals surface area contributed by atoms with Gasteiger partial charge in [-0.1, -0.05) is 56.9 Å². The molecule has 2 N–H and O–H groups in total. The Balaban J connectivity index is 2.16. The van der Waals surface area contributed by atoms with Gasteiger partial charge in [-0.05, 0) is 48.4 Å². The van der Waals surface area contributed by atoms with Gasteiger partial charge in [-0.2, -0.15) is 11.8 Å². The molecule has 0 fully saturated rings. The second-order valence-electron chi connectivity index (χ2n) is 7.93. The highest BCUT2D eigenvalue weighted by atomic mass is 32.2. The van der Waals surface area contributed by atoms with Crippen LogP contribution in [0.4, 0.5) is 4.79 Å². The lowest BCUT2D eigenvalue weighted by atomic mass is 10.1. The maximum absolute atomic E-state index is 13.1. The van der Waals surface area contributed by atoms with Crippen molar-refractivity contribution in [2.45, 2.75) is 33.2 Å². The molecule has 0 bridgehead atoms. The topological polar surface area (TPSA) is 86.7 Å². The Labute approximate surface area is 199 Å². The van der Waals surface area contributed by atoms with E-state index in [0.717, 1.165) is 16.2 Å². The molecule has 0 unspecified atom stereocenters. The van der Waals surface area contributed by atoms with E-state index in [-0.39, 0.29) is 12.3 Å².